The van der Waals surface area contributed by atoms with E-state index in [0.29, 0.717) is 12.1 Å². The second-order valence-electron chi connectivity index (χ2n) is 4.18. The molecule has 0 unspecified atom stereocenters. The fourth-order valence-corrected chi connectivity index (χ4v) is 2.28. The quantitative estimate of drug-likeness (QED) is 0.494. The van der Waals surface area contributed by atoms with Crippen LogP contribution in [0.1, 0.15) is 12.6 Å². The minimum absolute atomic E-state index is 0.121. The molecule has 8 heteroatoms. The average molecular weight is 390 g/mol. The number of nitro benzene ring substituents is 1. The zero-order valence-electron chi connectivity index (χ0n) is 10.9. The highest BCUT2D eigenvalue weighted by Crippen LogP contribution is 2.32. The molecule has 0 saturated carbocycles. The molecule has 1 N–H and O–H groups in total. The molecule has 0 aliphatic heterocycles. The fraction of sp³-hybridized carbons (Fsp3) is 0.250. The van der Waals surface area contributed by atoms with Gasteiger partial charge in [-0.05, 0) is 29.0 Å². The molecular formula is C12H12FIN4O2. The number of halogens is 2. The van der Waals surface area contributed by atoms with Crippen molar-refractivity contribution >= 4 is 39.7 Å². The molecule has 106 valence electrons. The van der Waals surface area contributed by atoms with Gasteiger partial charge in [0.2, 0.25) is 0 Å². The summed E-state index contributed by atoms with van der Waals surface area (Å²) in [5.41, 5.74) is 1.36. The lowest BCUT2D eigenvalue weighted by atomic mass is 10.2. The highest BCUT2D eigenvalue weighted by Gasteiger charge is 2.19. The van der Waals surface area contributed by atoms with Gasteiger partial charge in [-0.1, -0.05) is 6.92 Å². The van der Waals surface area contributed by atoms with Crippen LogP contribution in [-0.2, 0) is 13.5 Å². The molecule has 0 amide bonds. The van der Waals surface area contributed by atoms with Gasteiger partial charge in [0.1, 0.15) is 11.5 Å². The summed E-state index contributed by atoms with van der Waals surface area (Å²) in [7, 11) is 1.76. The first-order chi connectivity index (χ1) is 9.42. The summed E-state index contributed by atoms with van der Waals surface area (Å²) in [6.45, 7) is 1.93. The average Bonchev–Trinajstić information content (AvgIpc) is 2.73. The maximum absolute atomic E-state index is 13.6. The number of hydrogen-bond acceptors (Lipinski definition) is 4. The van der Waals surface area contributed by atoms with E-state index < -0.39 is 10.7 Å². The molecule has 1 aromatic carbocycles. The van der Waals surface area contributed by atoms with Gasteiger partial charge in [0.15, 0.2) is 0 Å². The van der Waals surface area contributed by atoms with Crippen molar-refractivity contribution in [2.75, 3.05) is 5.32 Å². The Hall–Kier alpha value is -1.71. The molecule has 0 aliphatic rings. The van der Waals surface area contributed by atoms with Crippen molar-refractivity contribution in [3.05, 3.63) is 43.5 Å². The van der Waals surface area contributed by atoms with Gasteiger partial charge in [-0.25, -0.2) is 4.39 Å². The van der Waals surface area contributed by atoms with E-state index >= 15 is 0 Å². The molecule has 0 spiro atoms. The first kappa shape index (κ1) is 14.7. The monoisotopic (exact) mass is 390 g/mol. The maximum Gasteiger partial charge on any atom is 0.293 e. The fourth-order valence-electron chi connectivity index (χ4n) is 1.83. The Labute approximate surface area is 128 Å². The number of rotatable bonds is 4. The van der Waals surface area contributed by atoms with Crippen molar-refractivity contribution < 1.29 is 9.31 Å². The predicted molar refractivity (Wildman–Crippen MR) is 81.6 cm³/mol. The Balaban J connectivity index is 2.47. The third-order valence-electron chi connectivity index (χ3n) is 2.74. The van der Waals surface area contributed by atoms with Gasteiger partial charge < -0.3 is 5.32 Å². The van der Waals surface area contributed by atoms with Gasteiger partial charge in [-0.15, -0.1) is 0 Å². The van der Waals surface area contributed by atoms with Crippen LogP contribution in [0.5, 0.6) is 0 Å². The summed E-state index contributed by atoms with van der Waals surface area (Å²) in [5, 5.41) is 18.2. The summed E-state index contributed by atoms with van der Waals surface area (Å²) in [6.07, 6.45) is 2.38. The summed E-state index contributed by atoms with van der Waals surface area (Å²) in [6, 6.07) is 2.34. The van der Waals surface area contributed by atoms with Crippen molar-refractivity contribution in [1.29, 1.82) is 0 Å². The normalized spacial score (nSPS) is 10.6. The molecule has 20 heavy (non-hydrogen) atoms. The van der Waals surface area contributed by atoms with Crippen LogP contribution in [0.25, 0.3) is 0 Å². The lowest BCUT2D eigenvalue weighted by Gasteiger charge is -2.07. The Morgan fingerprint density at radius 3 is 2.80 bits per heavy atom. The van der Waals surface area contributed by atoms with Gasteiger partial charge in [0.05, 0.1) is 19.9 Å². The third kappa shape index (κ3) is 2.89. The molecule has 0 bridgehead atoms. The molecule has 6 nitrogen and oxygen atoms in total. The lowest BCUT2D eigenvalue weighted by molar-refractivity contribution is -0.384. The van der Waals surface area contributed by atoms with Crippen molar-refractivity contribution in [3.8, 4) is 0 Å². The van der Waals surface area contributed by atoms with Crippen LogP contribution in [0, 0.1) is 19.5 Å². The standard InChI is InChI=1S/C12H12FIN4O2/c1-3-9-11(6-17(2)16-9)15-10-4-7(13)8(14)5-12(10)18(19)20/h4-6,15H,3H2,1-2H3. The van der Waals surface area contributed by atoms with E-state index in [9.17, 15) is 14.5 Å². The number of hydrogen-bond donors (Lipinski definition) is 1. The maximum atomic E-state index is 13.6. The van der Waals surface area contributed by atoms with Gasteiger partial charge in [0.25, 0.3) is 5.69 Å². The molecule has 0 atom stereocenters. The summed E-state index contributed by atoms with van der Waals surface area (Å²) >= 11 is 1.73. The van der Waals surface area contributed by atoms with Crippen molar-refractivity contribution in [3.63, 3.8) is 0 Å². The Kier molecular flexibility index (Phi) is 4.21. The minimum Gasteiger partial charge on any atom is -0.347 e. The molecule has 0 radical (unpaired) electrons. The Morgan fingerprint density at radius 1 is 1.50 bits per heavy atom. The lowest BCUT2D eigenvalue weighted by Crippen LogP contribution is -2.00. The van der Waals surface area contributed by atoms with Gasteiger partial charge in [0, 0.05) is 25.4 Å². The summed E-state index contributed by atoms with van der Waals surface area (Å²) < 4.78 is 15.4. The van der Waals surface area contributed by atoms with E-state index in [1.54, 1.807) is 40.5 Å². The van der Waals surface area contributed by atoms with E-state index in [-0.39, 0.29) is 14.9 Å². The van der Waals surface area contributed by atoms with Crippen molar-refractivity contribution in [2.24, 2.45) is 7.05 Å². The third-order valence-corrected chi connectivity index (χ3v) is 3.57. The first-order valence-electron chi connectivity index (χ1n) is 5.85. The van der Waals surface area contributed by atoms with Crippen molar-refractivity contribution in [1.82, 2.24) is 9.78 Å². The summed E-state index contributed by atoms with van der Waals surface area (Å²) in [4.78, 5) is 10.5. The molecular weight excluding hydrogens is 378 g/mol. The number of nitro groups is 1. The highest BCUT2D eigenvalue weighted by atomic mass is 127. The number of aryl methyl sites for hydroxylation is 2. The predicted octanol–water partition coefficient (Wildman–Crippen LogP) is 3.38. The Bertz CT molecular complexity index is 672. The topological polar surface area (TPSA) is 73.0 Å². The molecule has 2 aromatic rings. The zero-order valence-corrected chi connectivity index (χ0v) is 13.0. The number of benzene rings is 1. The van der Waals surface area contributed by atoms with Crippen LogP contribution < -0.4 is 5.32 Å². The van der Waals surface area contributed by atoms with E-state index in [0.717, 1.165) is 11.8 Å². The van der Waals surface area contributed by atoms with Crippen LogP contribution in [0.2, 0.25) is 0 Å². The highest BCUT2D eigenvalue weighted by molar-refractivity contribution is 14.1. The van der Waals surface area contributed by atoms with Crippen LogP contribution in [0.4, 0.5) is 21.5 Å². The Morgan fingerprint density at radius 2 is 2.20 bits per heavy atom. The number of nitrogens with one attached hydrogen (secondary N) is 1. The molecule has 0 fully saturated rings. The van der Waals surface area contributed by atoms with Crippen LogP contribution in [0.3, 0.4) is 0 Å². The first-order valence-corrected chi connectivity index (χ1v) is 6.93. The molecule has 0 aliphatic carbocycles. The van der Waals surface area contributed by atoms with Gasteiger partial charge in [-0.2, -0.15) is 5.10 Å². The van der Waals surface area contributed by atoms with Crippen molar-refractivity contribution in [2.45, 2.75) is 13.3 Å². The minimum atomic E-state index is -0.536. The van der Waals surface area contributed by atoms with Gasteiger partial charge >= 0.3 is 0 Å². The second-order valence-corrected chi connectivity index (χ2v) is 5.34. The van der Waals surface area contributed by atoms with E-state index in [4.69, 9.17) is 0 Å². The van der Waals surface area contributed by atoms with Crippen LogP contribution >= 0.6 is 22.6 Å². The van der Waals surface area contributed by atoms with Crippen LogP contribution in [0.15, 0.2) is 18.3 Å². The van der Waals surface area contributed by atoms with E-state index in [1.807, 2.05) is 6.92 Å². The molecule has 1 heterocycles. The summed E-state index contributed by atoms with van der Waals surface area (Å²) in [5.74, 6) is -0.499. The van der Waals surface area contributed by atoms with Gasteiger partial charge in [-0.3, -0.25) is 14.8 Å². The molecule has 0 saturated heterocycles. The van der Waals surface area contributed by atoms with Crippen LogP contribution in [-0.4, -0.2) is 14.7 Å². The molecule has 1 aromatic heterocycles. The smallest absolute Gasteiger partial charge is 0.293 e. The van der Waals surface area contributed by atoms with E-state index in [2.05, 4.69) is 10.4 Å². The van der Waals surface area contributed by atoms with E-state index in [1.165, 1.54) is 6.07 Å². The number of anilines is 2. The molecule has 2 rings (SSSR count). The SMILES string of the molecule is CCc1nn(C)cc1Nc1cc(F)c(I)cc1[N+](=O)[O-]. The largest absolute Gasteiger partial charge is 0.347 e. The number of nitrogens with zero attached hydrogens (tertiary/aromatic N) is 3. The second kappa shape index (κ2) is 5.73. The zero-order chi connectivity index (χ0) is 14.9. The number of aromatic nitrogens is 2.